The van der Waals surface area contributed by atoms with Gasteiger partial charge in [0.25, 0.3) is 0 Å². The molecule has 8 rings (SSSR count). The first-order valence-corrected chi connectivity index (χ1v) is 13.0. The fourth-order valence-electron chi connectivity index (χ4n) is 6.65. The van der Waals surface area contributed by atoms with E-state index in [4.69, 9.17) is 0 Å². The molecular weight excluding hydrogens is 448 g/mol. The molecule has 0 saturated heterocycles. The van der Waals surface area contributed by atoms with Crippen LogP contribution in [0.4, 0.5) is 0 Å². The Labute approximate surface area is 216 Å². The minimum Gasteiger partial charge on any atom is -0.307 e. The number of fused-ring (bicyclic) bond motifs is 8. The Balaban J connectivity index is 1.52. The molecule has 2 heterocycles. The van der Waals surface area contributed by atoms with Crippen molar-refractivity contribution in [2.45, 2.75) is 19.3 Å². The van der Waals surface area contributed by atoms with E-state index in [0.717, 1.165) is 0 Å². The predicted molar refractivity (Wildman–Crippen MR) is 155 cm³/mol. The van der Waals surface area contributed by atoms with E-state index in [1.54, 1.807) is 0 Å². The molecule has 2 heteroatoms. The van der Waals surface area contributed by atoms with Crippen LogP contribution in [-0.4, -0.2) is 9.13 Å². The third-order valence-electron chi connectivity index (χ3n) is 8.31. The zero-order chi connectivity index (χ0) is 24.7. The van der Waals surface area contributed by atoms with Crippen LogP contribution in [0.3, 0.4) is 0 Å². The monoisotopic (exact) mass is 474 g/mol. The first-order chi connectivity index (χ1) is 18.1. The average molecular weight is 475 g/mol. The molecule has 2 aromatic heterocycles. The molecule has 5 aromatic carbocycles. The number of aromatic nitrogens is 2. The van der Waals surface area contributed by atoms with Crippen molar-refractivity contribution in [3.05, 3.63) is 132 Å². The lowest BCUT2D eigenvalue weighted by molar-refractivity contribution is 0.660. The van der Waals surface area contributed by atoms with Gasteiger partial charge in [0, 0.05) is 27.6 Å². The molecule has 0 atom stereocenters. The van der Waals surface area contributed by atoms with E-state index in [-0.39, 0.29) is 5.41 Å². The summed E-state index contributed by atoms with van der Waals surface area (Å²) in [5.41, 5.74) is 12.9. The lowest BCUT2D eigenvalue weighted by atomic mass is 9.82. The summed E-state index contributed by atoms with van der Waals surface area (Å²) in [5.74, 6) is 0. The molecule has 0 N–H and O–H groups in total. The summed E-state index contributed by atoms with van der Waals surface area (Å²) in [5, 5.41) is 2.53. The second kappa shape index (κ2) is 7.24. The van der Waals surface area contributed by atoms with Gasteiger partial charge in [-0.1, -0.05) is 98.8 Å². The maximum Gasteiger partial charge on any atom is 0.0803 e. The Kier molecular flexibility index (Phi) is 4.03. The average Bonchev–Trinajstić information content (AvgIpc) is 3.53. The molecule has 176 valence electrons. The number of rotatable bonds is 2. The van der Waals surface area contributed by atoms with Gasteiger partial charge in [-0.25, -0.2) is 0 Å². The van der Waals surface area contributed by atoms with E-state index < -0.39 is 0 Å². The fourth-order valence-corrected chi connectivity index (χ4v) is 6.65. The Morgan fingerprint density at radius 3 is 1.70 bits per heavy atom. The molecule has 37 heavy (non-hydrogen) atoms. The Hall–Kier alpha value is -4.56. The van der Waals surface area contributed by atoms with Gasteiger partial charge < -0.3 is 9.13 Å². The quantitative estimate of drug-likeness (QED) is 0.236. The largest absolute Gasteiger partial charge is 0.307 e. The molecule has 1 aliphatic rings. The van der Waals surface area contributed by atoms with E-state index in [1.165, 1.54) is 66.5 Å². The minimum atomic E-state index is 0.00185. The maximum absolute atomic E-state index is 2.47. The SMILES string of the molecule is CC1(C)c2ccccc2-c2cc(-n3c4ccccc4c4c3c3ccccc3n4-c3ccccc3)ccc21. The second-order valence-corrected chi connectivity index (χ2v) is 10.6. The van der Waals surface area contributed by atoms with Crippen LogP contribution in [0.1, 0.15) is 25.0 Å². The zero-order valence-corrected chi connectivity index (χ0v) is 20.9. The van der Waals surface area contributed by atoms with Crippen LogP contribution in [0.5, 0.6) is 0 Å². The first-order valence-electron chi connectivity index (χ1n) is 13.0. The Bertz CT molecular complexity index is 1990. The van der Waals surface area contributed by atoms with E-state index in [1.807, 2.05) is 0 Å². The van der Waals surface area contributed by atoms with Crippen LogP contribution >= 0.6 is 0 Å². The van der Waals surface area contributed by atoms with Crippen molar-refractivity contribution in [3.63, 3.8) is 0 Å². The highest BCUT2D eigenvalue weighted by molar-refractivity contribution is 6.20. The van der Waals surface area contributed by atoms with Crippen molar-refractivity contribution in [3.8, 4) is 22.5 Å². The molecule has 2 nitrogen and oxygen atoms in total. The molecule has 7 aromatic rings. The van der Waals surface area contributed by atoms with E-state index in [2.05, 4.69) is 144 Å². The zero-order valence-electron chi connectivity index (χ0n) is 20.9. The second-order valence-electron chi connectivity index (χ2n) is 10.6. The summed E-state index contributed by atoms with van der Waals surface area (Å²) in [4.78, 5) is 0. The molecule has 0 unspecified atom stereocenters. The van der Waals surface area contributed by atoms with Crippen LogP contribution < -0.4 is 0 Å². The van der Waals surface area contributed by atoms with Crippen molar-refractivity contribution >= 4 is 32.8 Å². The summed E-state index contributed by atoms with van der Waals surface area (Å²) in [7, 11) is 0. The van der Waals surface area contributed by atoms with Crippen LogP contribution in [-0.2, 0) is 5.41 Å². The summed E-state index contributed by atoms with van der Waals surface area (Å²) in [6, 6.07) is 44.3. The third-order valence-corrected chi connectivity index (χ3v) is 8.31. The molecule has 0 aliphatic heterocycles. The summed E-state index contributed by atoms with van der Waals surface area (Å²) in [6.45, 7) is 4.68. The van der Waals surface area contributed by atoms with Crippen molar-refractivity contribution in [2.24, 2.45) is 0 Å². The van der Waals surface area contributed by atoms with Gasteiger partial charge in [-0.3, -0.25) is 0 Å². The van der Waals surface area contributed by atoms with E-state index in [9.17, 15) is 0 Å². The van der Waals surface area contributed by atoms with Gasteiger partial charge in [0.15, 0.2) is 0 Å². The Morgan fingerprint density at radius 1 is 0.459 bits per heavy atom. The number of para-hydroxylation sites is 3. The van der Waals surface area contributed by atoms with Gasteiger partial charge in [0.1, 0.15) is 0 Å². The highest BCUT2D eigenvalue weighted by Gasteiger charge is 2.35. The highest BCUT2D eigenvalue weighted by atomic mass is 15.1. The van der Waals surface area contributed by atoms with Gasteiger partial charge in [0.05, 0.1) is 22.1 Å². The topological polar surface area (TPSA) is 9.86 Å². The van der Waals surface area contributed by atoms with E-state index >= 15 is 0 Å². The summed E-state index contributed by atoms with van der Waals surface area (Å²) in [6.07, 6.45) is 0. The van der Waals surface area contributed by atoms with Gasteiger partial charge in [-0.05, 0) is 58.7 Å². The smallest absolute Gasteiger partial charge is 0.0803 e. The van der Waals surface area contributed by atoms with Crippen LogP contribution in [0.15, 0.2) is 121 Å². The molecule has 0 fully saturated rings. The molecule has 0 spiro atoms. The lowest BCUT2D eigenvalue weighted by Crippen LogP contribution is -2.14. The van der Waals surface area contributed by atoms with Crippen LogP contribution in [0.25, 0.3) is 55.3 Å². The normalized spacial score (nSPS) is 13.9. The number of hydrogen-bond acceptors (Lipinski definition) is 0. The van der Waals surface area contributed by atoms with Gasteiger partial charge in [0.2, 0.25) is 0 Å². The molecule has 1 aliphatic carbocycles. The standard InChI is InChI=1S/C35H26N2/c1-35(2)29-17-9-6-14-25(29)28-22-24(20-21-30(28)35)37-32-19-11-8-16-27(32)33-34(37)26-15-7-10-18-31(26)36(33)23-12-4-3-5-13-23/h3-22H,1-2H3. The summed E-state index contributed by atoms with van der Waals surface area (Å²) >= 11 is 0. The van der Waals surface area contributed by atoms with Gasteiger partial charge >= 0.3 is 0 Å². The van der Waals surface area contributed by atoms with Gasteiger partial charge in [-0.2, -0.15) is 0 Å². The van der Waals surface area contributed by atoms with Crippen molar-refractivity contribution in [1.82, 2.24) is 9.13 Å². The van der Waals surface area contributed by atoms with Gasteiger partial charge in [-0.15, -0.1) is 0 Å². The lowest BCUT2D eigenvalue weighted by Gasteiger charge is -2.21. The molecule has 0 radical (unpaired) electrons. The summed E-state index contributed by atoms with van der Waals surface area (Å²) < 4.78 is 4.90. The third kappa shape index (κ3) is 2.65. The van der Waals surface area contributed by atoms with E-state index in [0.29, 0.717) is 0 Å². The highest BCUT2D eigenvalue weighted by Crippen LogP contribution is 2.49. The number of nitrogens with zero attached hydrogens (tertiary/aromatic N) is 2. The van der Waals surface area contributed by atoms with Crippen molar-refractivity contribution in [2.75, 3.05) is 0 Å². The first kappa shape index (κ1) is 20.6. The minimum absolute atomic E-state index is 0.00185. The molecular formula is C35H26N2. The maximum atomic E-state index is 2.47. The fraction of sp³-hybridized carbons (Fsp3) is 0.0857. The number of benzene rings is 5. The molecule has 0 saturated carbocycles. The van der Waals surface area contributed by atoms with Crippen molar-refractivity contribution in [1.29, 1.82) is 0 Å². The Morgan fingerprint density at radius 2 is 1.00 bits per heavy atom. The predicted octanol–water partition coefficient (Wildman–Crippen LogP) is 9.03. The van der Waals surface area contributed by atoms with Crippen LogP contribution in [0.2, 0.25) is 0 Å². The van der Waals surface area contributed by atoms with Crippen LogP contribution in [0, 0.1) is 0 Å². The molecule has 0 bridgehead atoms. The number of hydrogen-bond donors (Lipinski definition) is 0. The van der Waals surface area contributed by atoms with Crippen molar-refractivity contribution < 1.29 is 0 Å². The molecule has 0 amide bonds.